The summed E-state index contributed by atoms with van der Waals surface area (Å²) in [6.07, 6.45) is 0.00358. The van der Waals surface area contributed by atoms with Crippen LogP contribution in [0.2, 0.25) is 0 Å². The van der Waals surface area contributed by atoms with Gasteiger partial charge in [0.2, 0.25) is 0 Å². The van der Waals surface area contributed by atoms with Crippen molar-refractivity contribution in [2.45, 2.75) is 6.42 Å². The maximum absolute atomic E-state index is 11.9. The second-order valence-electron chi connectivity index (χ2n) is 4.77. The number of carboxylic acids is 1. The van der Waals surface area contributed by atoms with Gasteiger partial charge in [-0.05, 0) is 12.1 Å². The Morgan fingerprint density at radius 1 is 1.27 bits per heavy atom. The minimum atomic E-state index is -0.878. The van der Waals surface area contributed by atoms with Gasteiger partial charge in [-0.2, -0.15) is 0 Å². The number of nitrogens with zero attached hydrogens (tertiary/aromatic N) is 2. The summed E-state index contributed by atoms with van der Waals surface area (Å²) >= 11 is 0. The Morgan fingerprint density at radius 2 is 1.95 bits per heavy atom. The number of carbonyl (C=O) groups is 2. The van der Waals surface area contributed by atoms with Crippen LogP contribution < -0.4 is 9.80 Å². The summed E-state index contributed by atoms with van der Waals surface area (Å²) < 4.78 is 4.87. The third kappa shape index (κ3) is 3.37. The molecule has 1 aromatic rings. The molecule has 118 valence electrons. The molecule has 1 aliphatic heterocycles. The van der Waals surface area contributed by atoms with Crippen LogP contribution in [-0.2, 0) is 14.3 Å². The molecule has 0 amide bonds. The largest absolute Gasteiger partial charge is 0.481 e. The highest BCUT2D eigenvalue weighted by Crippen LogP contribution is 2.37. The molecule has 0 saturated heterocycles. The summed E-state index contributed by atoms with van der Waals surface area (Å²) in [5, 5.41) is 17.5. The highest BCUT2D eigenvalue weighted by atomic mass is 16.5. The van der Waals surface area contributed by atoms with Gasteiger partial charge < -0.3 is 24.7 Å². The highest BCUT2D eigenvalue weighted by molar-refractivity contribution is 5.95. The Bertz CT molecular complexity index is 587. The molecular formula is C15H18N2O5. The van der Waals surface area contributed by atoms with Crippen LogP contribution in [0.15, 0.2) is 36.5 Å². The van der Waals surface area contributed by atoms with Crippen molar-refractivity contribution in [3.8, 4) is 0 Å². The van der Waals surface area contributed by atoms with E-state index in [4.69, 9.17) is 14.9 Å². The summed E-state index contributed by atoms with van der Waals surface area (Å²) in [6, 6.07) is 7.38. The Hall–Kier alpha value is -2.54. The van der Waals surface area contributed by atoms with E-state index in [1.807, 2.05) is 29.2 Å². The van der Waals surface area contributed by atoms with Crippen molar-refractivity contribution < 1.29 is 24.5 Å². The Balaban J connectivity index is 2.15. The summed E-state index contributed by atoms with van der Waals surface area (Å²) in [4.78, 5) is 26.2. The normalized spacial score (nSPS) is 13.0. The van der Waals surface area contributed by atoms with E-state index in [1.54, 1.807) is 4.90 Å². The number of anilines is 2. The van der Waals surface area contributed by atoms with E-state index in [1.165, 1.54) is 0 Å². The monoisotopic (exact) mass is 306 g/mol. The molecule has 0 fully saturated rings. The quantitative estimate of drug-likeness (QED) is 0.568. The maximum atomic E-state index is 11.9. The summed E-state index contributed by atoms with van der Waals surface area (Å²) in [6.45, 7) is 4.08. The fourth-order valence-corrected chi connectivity index (χ4v) is 2.27. The van der Waals surface area contributed by atoms with Gasteiger partial charge in [-0.1, -0.05) is 18.7 Å². The Kier molecular flexibility index (Phi) is 5.00. The SMILES string of the molecule is C=C(C(=O)OCCO)N1CN(CCC(=O)O)c2ccccc21. The van der Waals surface area contributed by atoms with Gasteiger partial charge in [0, 0.05) is 6.54 Å². The smallest absolute Gasteiger partial charge is 0.354 e. The van der Waals surface area contributed by atoms with Gasteiger partial charge in [-0.15, -0.1) is 0 Å². The minimum Gasteiger partial charge on any atom is -0.481 e. The lowest BCUT2D eigenvalue weighted by atomic mass is 10.2. The number of carbonyl (C=O) groups excluding carboxylic acids is 1. The first-order valence-electron chi connectivity index (χ1n) is 6.84. The maximum Gasteiger partial charge on any atom is 0.354 e. The summed E-state index contributed by atoms with van der Waals surface area (Å²) in [5.41, 5.74) is 1.78. The van der Waals surface area contributed by atoms with Crippen LogP contribution in [0.5, 0.6) is 0 Å². The number of para-hydroxylation sites is 2. The van der Waals surface area contributed by atoms with Gasteiger partial charge in [0.1, 0.15) is 12.3 Å². The van der Waals surface area contributed by atoms with Crippen molar-refractivity contribution in [3.05, 3.63) is 36.5 Å². The van der Waals surface area contributed by atoms with Gasteiger partial charge in [0.25, 0.3) is 0 Å². The number of carboxylic acid groups (broad SMARTS) is 1. The second kappa shape index (κ2) is 6.95. The lowest BCUT2D eigenvalue weighted by Crippen LogP contribution is -2.34. The van der Waals surface area contributed by atoms with Crippen LogP contribution in [-0.4, -0.2) is 48.6 Å². The fourth-order valence-electron chi connectivity index (χ4n) is 2.27. The van der Waals surface area contributed by atoms with Gasteiger partial charge in [-0.3, -0.25) is 4.79 Å². The van der Waals surface area contributed by atoms with Crippen molar-refractivity contribution in [3.63, 3.8) is 0 Å². The molecule has 2 N–H and O–H groups in total. The minimum absolute atomic E-state index is 0.00358. The molecule has 1 aromatic carbocycles. The number of aliphatic hydroxyl groups excluding tert-OH is 1. The molecule has 0 aromatic heterocycles. The predicted molar refractivity (Wildman–Crippen MR) is 80.6 cm³/mol. The topological polar surface area (TPSA) is 90.3 Å². The number of aliphatic hydroxyl groups is 1. The molecule has 0 saturated carbocycles. The zero-order valence-corrected chi connectivity index (χ0v) is 12.1. The van der Waals surface area contributed by atoms with Crippen LogP contribution >= 0.6 is 0 Å². The zero-order chi connectivity index (χ0) is 16.1. The van der Waals surface area contributed by atoms with Crippen LogP contribution in [0.3, 0.4) is 0 Å². The van der Waals surface area contributed by atoms with Crippen LogP contribution in [0.25, 0.3) is 0 Å². The molecule has 0 radical (unpaired) electrons. The van der Waals surface area contributed by atoms with Crippen LogP contribution in [0, 0.1) is 0 Å². The number of aliphatic carboxylic acids is 1. The van der Waals surface area contributed by atoms with Crippen LogP contribution in [0.4, 0.5) is 11.4 Å². The number of esters is 1. The van der Waals surface area contributed by atoms with Gasteiger partial charge in [-0.25, -0.2) is 4.79 Å². The molecule has 0 spiro atoms. The number of ether oxygens (including phenoxy) is 1. The zero-order valence-electron chi connectivity index (χ0n) is 12.1. The van der Waals surface area contributed by atoms with Crippen molar-refractivity contribution in [2.24, 2.45) is 0 Å². The lowest BCUT2D eigenvalue weighted by molar-refractivity contribution is -0.140. The number of fused-ring (bicyclic) bond motifs is 1. The van der Waals surface area contributed by atoms with E-state index in [2.05, 4.69) is 6.58 Å². The Labute approximate surface area is 128 Å². The van der Waals surface area contributed by atoms with E-state index >= 15 is 0 Å². The van der Waals surface area contributed by atoms with Crippen molar-refractivity contribution in [1.82, 2.24) is 0 Å². The van der Waals surface area contributed by atoms with E-state index in [9.17, 15) is 9.59 Å². The lowest BCUT2D eigenvalue weighted by Gasteiger charge is -2.22. The van der Waals surface area contributed by atoms with Crippen molar-refractivity contribution >= 4 is 23.3 Å². The number of rotatable bonds is 7. The number of hydrogen-bond donors (Lipinski definition) is 2. The number of benzene rings is 1. The van der Waals surface area contributed by atoms with Crippen molar-refractivity contribution in [2.75, 3.05) is 36.2 Å². The molecule has 22 heavy (non-hydrogen) atoms. The summed E-state index contributed by atoms with van der Waals surface area (Å²) in [7, 11) is 0. The molecule has 7 heteroatoms. The second-order valence-corrected chi connectivity index (χ2v) is 4.77. The van der Waals surface area contributed by atoms with Gasteiger partial charge in [0.15, 0.2) is 0 Å². The van der Waals surface area contributed by atoms with Gasteiger partial charge >= 0.3 is 11.9 Å². The molecular weight excluding hydrogens is 288 g/mol. The Morgan fingerprint density at radius 3 is 2.59 bits per heavy atom. The molecule has 1 heterocycles. The first kappa shape index (κ1) is 15.8. The molecule has 0 unspecified atom stereocenters. The summed E-state index contributed by atoms with van der Waals surface area (Å²) in [5.74, 6) is -1.49. The van der Waals surface area contributed by atoms with E-state index in [-0.39, 0.29) is 25.3 Å². The first-order valence-corrected chi connectivity index (χ1v) is 6.84. The van der Waals surface area contributed by atoms with E-state index in [0.717, 1.165) is 11.4 Å². The average molecular weight is 306 g/mol. The van der Waals surface area contributed by atoms with Crippen molar-refractivity contribution in [1.29, 1.82) is 0 Å². The van der Waals surface area contributed by atoms with E-state index in [0.29, 0.717) is 13.2 Å². The molecule has 1 aliphatic rings. The number of hydrogen-bond acceptors (Lipinski definition) is 6. The third-order valence-electron chi connectivity index (χ3n) is 3.31. The fraction of sp³-hybridized carbons (Fsp3) is 0.333. The van der Waals surface area contributed by atoms with Crippen LogP contribution in [0.1, 0.15) is 6.42 Å². The molecule has 0 bridgehead atoms. The highest BCUT2D eigenvalue weighted by Gasteiger charge is 2.30. The predicted octanol–water partition coefficient (Wildman–Crippen LogP) is 0.794. The molecule has 0 atom stereocenters. The third-order valence-corrected chi connectivity index (χ3v) is 3.31. The standard InChI is InChI=1S/C15H18N2O5/c1-11(15(21)22-9-8-18)17-10-16(7-6-14(19)20)12-4-2-3-5-13(12)17/h2-5,18H,1,6-10H2,(H,19,20). The van der Waals surface area contributed by atoms with E-state index < -0.39 is 11.9 Å². The molecule has 2 rings (SSSR count). The van der Waals surface area contributed by atoms with Gasteiger partial charge in [0.05, 0.1) is 31.1 Å². The molecule has 7 nitrogen and oxygen atoms in total. The molecule has 0 aliphatic carbocycles. The average Bonchev–Trinajstić information content (AvgIpc) is 2.88. The first-order chi connectivity index (χ1) is 10.5.